The van der Waals surface area contributed by atoms with Crippen molar-refractivity contribution in [1.29, 1.82) is 0 Å². The molecule has 0 saturated heterocycles. The van der Waals surface area contributed by atoms with Gasteiger partial charge in [-0.3, -0.25) is 4.32 Å². The normalized spacial score (nSPS) is 11.9. The van der Waals surface area contributed by atoms with Crippen molar-refractivity contribution in [3.8, 4) is 5.75 Å². The summed E-state index contributed by atoms with van der Waals surface area (Å²) < 4.78 is 15.4. The van der Waals surface area contributed by atoms with E-state index in [4.69, 9.17) is 14.8 Å². The third-order valence-electron chi connectivity index (χ3n) is 1.55. The first-order valence-electron chi connectivity index (χ1n) is 4.09. The topological polar surface area (TPSA) is 49.7 Å². The van der Waals surface area contributed by atoms with Crippen LogP contribution >= 0.6 is 0 Å². The van der Waals surface area contributed by atoms with Crippen LogP contribution in [0.15, 0.2) is 30.3 Å². The second kappa shape index (κ2) is 5.41. The maximum absolute atomic E-state index is 10.1. The minimum atomic E-state index is -2.67. The minimum Gasteiger partial charge on any atom is -0.489 e. The average Bonchev–Trinajstić information content (AvgIpc) is 2.17. The zero-order valence-electron chi connectivity index (χ0n) is 7.43. The fraction of sp³-hybridized carbons (Fsp3) is 0.111. The molecule has 0 bridgehead atoms. The van der Waals surface area contributed by atoms with Gasteiger partial charge in [0.2, 0.25) is 0 Å². The van der Waals surface area contributed by atoms with Crippen LogP contribution in [0.3, 0.4) is 0 Å². The molecule has 2 N–H and O–H groups in total. The Labute approximate surface area is 81.6 Å². The third-order valence-corrected chi connectivity index (χ3v) is 1.55. The lowest BCUT2D eigenvalue weighted by molar-refractivity contribution is 0.340. The molecule has 0 radical (unpaired) electrons. The van der Waals surface area contributed by atoms with E-state index in [-0.39, 0.29) is 0 Å². The number of halogens is 1. The monoisotopic (exact) mass is 196 g/mol. The van der Waals surface area contributed by atoms with Crippen LogP contribution in [0.25, 0.3) is 6.08 Å². The molecule has 0 saturated carbocycles. The molecule has 1 aliphatic heterocycles. The van der Waals surface area contributed by atoms with Gasteiger partial charge in [0.05, 0.1) is 0 Å². The van der Waals surface area contributed by atoms with E-state index in [1.165, 1.54) is 5.56 Å². The Bertz CT molecular complexity index is 312. The van der Waals surface area contributed by atoms with Crippen molar-refractivity contribution in [2.24, 2.45) is 0 Å². The molecule has 0 spiro atoms. The van der Waals surface area contributed by atoms with E-state index < -0.39 is 7.40 Å². The Morgan fingerprint density at radius 1 is 1.29 bits per heavy atom. The molecule has 0 fully saturated rings. The molecule has 2 rings (SSSR count). The van der Waals surface area contributed by atoms with Crippen molar-refractivity contribution in [2.75, 3.05) is 6.61 Å². The summed E-state index contributed by atoms with van der Waals surface area (Å²) in [5.41, 5.74) is 1.17. The Kier molecular flexibility index (Phi) is 4.16. The predicted molar refractivity (Wildman–Crippen MR) is 52.3 cm³/mol. The Morgan fingerprint density at radius 3 is 2.57 bits per heavy atom. The molecule has 0 unspecified atom stereocenters. The van der Waals surface area contributed by atoms with E-state index in [9.17, 15) is 4.32 Å². The van der Waals surface area contributed by atoms with Crippen LogP contribution in [-0.2, 0) is 0 Å². The zero-order valence-corrected chi connectivity index (χ0v) is 7.43. The van der Waals surface area contributed by atoms with Crippen molar-refractivity contribution in [1.82, 2.24) is 0 Å². The first kappa shape index (κ1) is 10.8. The predicted octanol–water partition coefficient (Wildman–Crippen LogP) is 1.02. The fourth-order valence-corrected chi connectivity index (χ4v) is 1.06. The standard InChI is InChI=1S/C9H8O.BFH2O2/c1-2-6-9-8(4-1)5-3-7-10-9;2-1(3)4/h1-6H,7H2;3-4H. The lowest BCUT2D eigenvalue weighted by Crippen LogP contribution is -1.98. The van der Waals surface area contributed by atoms with Crippen molar-refractivity contribution < 1.29 is 19.1 Å². The average molecular weight is 196 g/mol. The van der Waals surface area contributed by atoms with Gasteiger partial charge in [-0.15, -0.1) is 0 Å². The second-order valence-electron chi connectivity index (χ2n) is 2.56. The summed E-state index contributed by atoms with van der Waals surface area (Å²) in [6.45, 7) is 0.705. The maximum atomic E-state index is 10.1. The molecule has 74 valence electrons. The lowest BCUT2D eigenvalue weighted by atomic mass is 10.1. The molecule has 1 aromatic rings. The molecular weight excluding hydrogens is 186 g/mol. The SMILES string of the molecule is C1=Cc2ccccc2OC1.OB(O)F. The van der Waals surface area contributed by atoms with Crippen LogP contribution in [0.1, 0.15) is 5.56 Å². The molecule has 5 heteroatoms. The molecule has 1 aliphatic rings. The van der Waals surface area contributed by atoms with Gasteiger partial charge in [-0.05, 0) is 12.1 Å². The van der Waals surface area contributed by atoms with Gasteiger partial charge in [0, 0.05) is 5.56 Å². The molecular formula is C9H10BFO3. The summed E-state index contributed by atoms with van der Waals surface area (Å²) in [6, 6.07) is 8.03. The highest BCUT2D eigenvalue weighted by Gasteiger charge is 2.01. The summed E-state index contributed by atoms with van der Waals surface area (Å²) in [6.07, 6.45) is 4.10. The number of hydrogen-bond acceptors (Lipinski definition) is 3. The number of ether oxygens (including phenoxy) is 1. The first-order chi connectivity index (χ1) is 6.70. The number of fused-ring (bicyclic) bond motifs is 1. The van der Waals surface area contributed by atoms with Gasteiger partial charge in [-0.2, -0.15) is 0 Å². The molecule has 0 amide bonds. The Balaban J connectivity index is 0.000000213. The summed E-state index contributed by atoms with van der Waals surface area (Å²) in [4.78, 5) is 0. The van der Waals surface area contributed by atoms with Crippen molar-refractivity contribution in [3.05, 3.63) is 35.9 Å². The van der Waals surface area contributed by atoms with Gasteiger partial charge in [-0.25, -0.2) is 0 Å². The van der Waals surface area contributed by atoms with Crippen molar-refractivity contribution >= 4 is 13.5 Å². The van der Waals surface area contributed by atoms with Crippen LogP contribution in [-0.4, -0.2) is 24.1 Å². The van der Waals surface area contributed by atoms with E-state index in [0.717, 1.165) is 5.75 Å². The second-order valence-corrected chi connectivity index (χ2v) is 2.56. The molecule has 3 nitrogen and oxygen atoms in total. The lowest BCUT2D eigenvalue weighted by Gasteiger charge is -2.10. The third kappa shape index (κ3) is 3.59. The molecule has 14 heavy (non-hydrogen) atoms. The van der Waals surface area contributed by atoms with Crippen LogP contribution < -0.4 is 4.74 Å². The van der Waals surface area contributed by atoms with Gasteiger partial charge in [-0.1, -0.05) is 24.3 Å². The van der Waals surface area contributed by atoms with Crippen molar-refractivity contribution in [2.45, 2.75) is 0 Å². The van der Waals surface area contributed by atoms with Crippen molar-refractivity contribution in [3.63, 3.8) is 0 Å². The minimum absolute atomic E-state index is 0.705. The van der Waals surface area contributed by atoms with Gasteiger partial charge in [0.1, 0.15) is 12.4 Å². The van der Waals surface area contributed by atoms with Crippen LogP contribution in [0.5, 0.6) is 5.75 Å². The van der Waals surface area contributed by atoms with E-state index in [0.29, 0.717) is 6.61 Å². The van der Waals surface area contributed by atoms with Gasteiger partial charge in [0.25, 0.3) is 0 Å². The largest absolute Gasteiger partial charge is 0.674 e. The first-order valence-corrected chi connectivity index (χ1v) is 4.09. The summed E-state index contributed by atoms with van der Waals surface area (Å²) in [5, 5.41) is 13.9. The van der Waals surface area contributed by atoms with Crippen LogP contribution in [0, 0.1) is 0 Å². The summed E-state index contributed by atoms with van der Waals surface area (Å²) >= 11 is 0. The molecule has 1 heterocycles. The quantitative estimate of drug-likeness (QED) is 0.609. The van der Waals surface area contributed by atoms with E-state index in [1.807, 2.05) is 30.3 Å². The van der Waals surface area contributed by atoms with E-state index >= 15 is 0 Å². The van der Waals surface area contributed by atoms with Crippen LogP contribution in [0.4, 0.5) is 4.32 Å². The molecule has 1 aromatic carbocycles. The highest BCUT2D eigenvalue weighted by Crippen LogP contribution is 2.21. The summed E-state index contributed by atoms with van der Waals surface area (Å²) in [5.74, 6) is 0.991. The van der Waals surface area contributed by atoms with Gasteiger partial charge >= 0.3 is 7.40 Å². The summed E-state index contributed by atoms with van der Waals surface area (Å²) in [7, 11) is -2.67. The van der Waals surface area contributed by atoms with Crippen LogP contribution in [0.2, 0.25) is 0 Å². The van der Waals surface area contributed by atoms with Gasteiger partial charge in [0.15, 0.2) is 0 Å². The smallest absolute Gasteiger partial charge is 0.489 e. The molecule has 0 aromatic heterocycles. The van der Waals surface area contributed by atoms with E-state index in [1.54, 1.807) is 0 Å². The maximum Gasteiger partial charge on any atom is 0.674 e. The van der Waals surface area contributed by atoms with Gasteiger partial charge < -0.3 is 14.8 Å². The molecule has 0 atom stereocenters. The zero-order chi connectivity index (χ0) is 10.4. The number of hydrogen-bond donors (Lipinski definition) is 2. The Hall–Kier alpha value is -1.33. The number of benzene rings is 1. The fourth-order valence-electron chi connectivity index (χ4n) is 1.06. The highest BCUT2D eigenvalue weighted by molar-refractivity contribution is 6.31. The molecule has 0 aliphatic carbocycles. The number of rotatable bonds is 0. The number of para-hydroxylation sites is 1. The Morgan fingerprint density at radius 2 is 1.93 bits per heavy atom. The van der Waals surface area contributed by atoms with E-state index in [2.05, 4.69) is 6.08 Å². The highest BCUT2D eigenvalue weighted by atomic mass is 19.1.